The maximum atomic E-state index is 13.3. The Labute approximate surface area is 174 Å². The van der Waals surface area contributed by atoms with Crippen LogP contribution in [0.4, 0.5) is 10.1 Å². The molecule has 0 aromatic heterocycles. The minimum atomic E-state index is -0.496. The molecule has 1 atom stereocenters. The van der Waals surface area contributed by atoms with Crippen molar-refractivity contribution in [2.24, 2.45) is 0 Å². The van der Waals surface area contributed by atoms with Gasteiger partial charge in [0.25, 0.3) is 5.91 Å². The van der Waals surface area contributed by atoms with Gasteiger partial charge in [-0.1, -0.05) is 12.1 Å². The second-order valence-corrected chi connectivity index (χ2v) is 7.50. The first kappa shape index (κ1) is 19.9. The van der Waals surface area contributed by atoms with Crippen molar-refractivity contribution in [2.45, 2.75) is 32.1 Å². The van der Waals surface area contributed by atoms with E-state index in [2.05, 4.69) is 10.6 Å². The van der Waals surface area contributed by atoms with Crippen LogP contribution in [0.25, 0.3) is 0 Å². The molecule has 30 heavy (non-hydrogen) atoms. The highest BCUT2D eigenvalue weighted by Crippen LogP contribution is 2.43. The Morgan fingerprint density at radius 3 is 2.67 bits per heavy atom. The van der Waals surface area contributed by atoms with E-state index in [0.29, 0.717) is 34.7 Å². The summed E-state index contributed by atoms with van der Waals surface area (Å²) in [6, 6.07) is 13.1. The standard InChI is InChI=1S/C24H23FN2O3/c1-14-21(24(29)27-17-11-9-16(25)10-12-17)22(15-5-3-6-18(13-15)30-2)23-19(26-14)7-4-8-20(23)28/h3,5-6,9-13,22,26H,4,7-8H2,1-2H3,(H,27,29)/t22-/m1/s1. The fourth-order valence-electron chi connectivity index (χ4n) is 4.17. The molecular formula is C24H23FN2O3. The number of ether oxygens (including phenoxy) is 1. The molecule has 0 fully saturated rings. The Kier molecular flexibility index (Phi) is 5.40. The number of hydrogen-bond donors (Lipinski definition) is 2. The van der Waals surface area contributed by atoms with Crippen LogP contribution in [0.5, 0.6) is 5.75 Å². The van der Waals surface area contributed by atoms with Crippen molar-refractivity contribution in [1.82, 2.24) is 5.32 Å². The summed E-state index contributed by atoms with van der Waals surface area (Å²) in [6.45, 7) is 1.84. The summed E-state index contributed by atoms with van der Waals surface area (Å²) >= 11 is 0. The van der Waals surface area contributed by atoms with Gasteiger partial charge in [-0.2, -0.15) is 0 Å². The lowest BCUT2D eigenvalue weighted by Gasteiger charge is -2.34. The van der Waals surface area contributed by atoms with Gasteiger partial charge in [0.1, 0.15) is 11.6 Å². The van der Waals surface area contributed by atoms with Crippen LogP contribution in [0.3, 0.4) is 0 Å². The smallest absolute Gasteiger partial charge is 0.254 e. The van der Waals surface area contributed by atoms with Crippen molar-refractivity contribution in [2.75, 3.05) is 12.4 Å². The molecule has 5 nitrogen and oxygen atoms in total. The highest BCUT2D eigenvalue weighted by Gasteiger charge is 2.38. The zero-order chi connectivity index (χ0) is 21.3. The van der Waals surface area contributed by atoms with E-state index in [1.165, 1.54) is 24.3 Å². The first-order valence-electron chi connectivity index (χ1n) is 9.93. The maximum absolute atomic E-state index is 13.3. The zero-order valence-electron chi connectivity index (χ0n) is 16.9. The monoisotopic (exact) mass is 406 g/mol. The van der Waals surface area contributed by atoms with Crippen LogP contribution in [0.15, 0.2) is 71.1 Å². The molecule has 2 aliphatic rings. The van der Waals surface area contributed by atoms with E-state index in [9.17, 15) is 14.0 Å². The maximum Gasteiger partial charge on any atom is 0.254 e. The third-order valence-corrected chi connectivity index (χ3v) is 5.55. The topological polar surface area (TPSA) is 67.4 Å². The summed E-state index contributed by atoms with van der Waals surface area (Å²) in [4.78, 5) is 26.2. The number of dihydropyridines is 1. The van der Waals surface area contributed by atoms with Crippen LogP contribution < -0.4 is 15.4 Å². The zero-order valence-corrected chi connectivity index (χ0v) is 16.9. The van der Waals surface area contributed by atoms with Gasteiger partial charge < -0.3 is 15.4 Å². The van der Waals surface area contributed by atoms with E-state index in [1.807, 2.05) is 31.2 Å². The summed E-state index contributed by atoms with van der Waals surface area (Å²) in [5.41, 5.74) is 4.01. The van der Waals surface area contributed by atoms with Crippen LogP contribution in [0.1, 0.15) is 37.7 Å². The highest BCUT2D eigenvalue weighted by molar-refractivity contribution is 6.09. The summed E-state index contributed by atoms with van der Waals surface area (Å²) < 4.78 is 18.6. The van der Waals surface area contributed by atoms with E-state index in [1.54, 1.807) is 7.11 Å². The van der Waals surface area contributed by atoms with Crippen molar-refractivity contribution >= 4 is 17.4 Å². The number of anilines is 1. The number of carbonyl (C=O) groups is 2. The number of benzene rings is 2. The number of halogens is 1. The Bertz CT molecular complexity index is 1070. The number of allylic oxidation sites excluding steroid dienone is 3. The lowest BCUT2D eigenvalue weighted by atomic mass is 9.75. The fourth-order valence-corrected chi connectivity index (χ4v) is 4.17. The number of ketones is 1. The van der Waals surface area contributed by atoms with E-state index >= 15 is 0 Å². The Hall–Kier alpha value is -3.41. The Morgan fingerprint density at radius 2 is 1.93 bits per heavy atom. The van der Waals surface area contributed by atoms with Crippen LogP contribution in [0, 0.1) is 5.82 Å². The molecule has 2 aromatic carbocycles. The molecule has 4 rings (SSSR count). The van der Waals surface area contributed by atoms with E-state index in [4.69, 9.17) is 4.74 Å². The van der Waals surface area contributed by atoms with E-state index in [-0.39, 0.29) is 17.5 Å². The normalized spacial score (nSPS) is 18.6. The minimum Gasteiger partial charge on any atom is -0.497 e. The second kappa shape index (κ2) is 8.14. The molecule has 154 valence electrons. The minimum absolute atomic E-state index is 0.0520. The van der Waals surface area contributed by atoms with Gasteiger partial charge in [0.2, 0.25) is 0 Å². The molecule has 0 radical (unpaired) electrons. The van der Waals surface area contributed by atoms with Gasteiger partial charge in [-0.3, -0.25) is 9.59 Å². The van der Waals surface area contributed by atoms with Crippen LogP contribution in [-0.4, -0.2) is 18.8 Å². The van der Waals surface area contributed by atoms with Crippen molar-refractivity contribution in [1.29, 1.82) is 0 Å². The van der Waals surface area contributed by atoms with Crippen molar-refractivity contribution in [3.63, 3.8) is 0 Å². The molecule has 6 heteroatoms. The number of Topliss-reactive ketones (excluding diaryl/α,β-unsaturated/α-hetero) is 1. The van der Waals surface area contributed by atoms with Gasteiger partial charge in [-0.15, -0.1) is 0 Å². The summed E-state index contributed by atoms with van der Waals surface area (Å²) in [5.74, 6) is -0.489. The number of rotatable bonds is 4. The largest absolute Gasteiger partial charge is 0.497 e. The molecular weight excluding hydrogens is 383 g/mol. The average Bonchev–Trinajstić information content (AvgIpc) is 2.74. The number of nitrogens with one attached hydrogen (secondary N) is 2. The number of carbonyl (C=O) groups excluding carboxylic acids is 2. The quantitative estimate of drug-likeness (QED) is 0.788. The van der Waals surface area contributed by atoms with Gasteiger partial charge in [-0.05, 0) is 61.7 Å². The summed E-state index contributed by atoms with van der Waals surface area (Å²) in [7, 11) is 1.58. The molecule has 0 unspecified atom stereocenters. The van der Waals surface area contributed by atoms with Crippen LogP contribution >= 0.6 is 0 Å². The highest BCUT2D eigenvalue weighted by atomic mass is 19.1. The molecule has 0 bridgehead atoms. The predicted octanol–water partition coefficient (Wildman–Crippen LogP) is 4.44. The van der Waals surface area contributed by atoms with Gasteiger partial charge >= 0.3 is 0 Å². The fraction of sp³-hybridized carbons (Fsp3) is 0.250. The van der Waals surface area contributed by atoms with Crippen LogP contribution in [-0.2, 0) is 9.59 Å². The van der Waals surface area contributed by atoms with Crippen LogP contribution in [0.2, 0.25) is 0 Å². The van der Waals surface area contributed by atoms with Crippen molar-refractivity contribution in [3.8, 4) is 5.75 Å². The van der Waals surface area contributed by atoms with Crippen molar-refractivity contribution < 1.29 is 18.7 Å². The molecule has 2 aromatic rings. The first-order chi connectivity index (χ1) is 14.5. The first-order valence-corrected chi connectivity index (χ1v) is 9.93. The van der Waals surface area contributed by atoms with Crippen molar-refractivity contribution in [3.05, 3.63) is 82.5 Å². The third kappa shape index (κ3) is 3.73. The Balaban J connectivity index is 1.79. The predicted molar refractivity (Wildman–Crippen MR) is 112 cm³/mol. The number of hydrogen-bond acceptors (Lipinski definition) is 4. The number of amides is 1. The van der Waals surface area contributed by atoms with Gasteiger partial charge in [0.15, 0.2) is 5.78 Å². The lowest BCUT2D eigenvalue weighted by molar-refractivity contribution is -0.116. The Morgan fingerprint density at radius 1 is 1.17 bits per heavy atom. The third-order valence-electron chi connectivity index (χ3n) is 5.55. The van der Waals surface area contributed by atoms with E-state index in [0.717, 1.165) is 24.1 Å². The molecule has 0 saturated carbocycles. The second-order valence-electron chi connectivity index (χ2n) is 7.50. The van der Waals surface area contributed by atoms with Gasteiger partial charge in [0.05, 0.1) is 7.11 Å². The molecule has 2 N–H and O–H groups in total. The molecule has 1 heterocycles. The SMILES string of the molecule is COc1cccc([C@@H]2C(C(=O)Nc3ccc(F)cc3)=C(C)NC3=C2C(=O)CCC3)c1. The summed E-state index contributed by atoms with van der Waals surface area (Å²) in [6.07, 6.45) is 2.03. The summed E-state index contributed by atoms with van der Waals surface area (Å²) in [5, 5.41) is 6.13. The van der Waals surface area contributed by atoms with Gasteiger partial charge in [-0.25, -0.2) is 4.39 Å². The molecule has 1 amide bonds. The molecule has 0 saturated heterocycles. The van der Waals surface area contributed by atoms with Gasteiger partial charge in [0, 0.05) is 40.6 Å². The number of methoxy groups -OCH3 is 1. The molecule has 0 spiro atoms. The molecule has 1 aliphatic heterocycles. The average molecular weight is 406 g/mol. The van der Waals surface area contributed by atoms with E-state index < -0.39 is 5.92 Å². The molecule has 1 aliphatic carbocycles. The lowest BCUT2D eigenvalue weighted by Crippen LogP contribution is -2.35.